The Hall–Kier alpha value is -1.92. The number of nitrogens with zero attached hydrogens (tertiary/aromatic N) is 3. The third kappa shape index (κ3) is 2.84. The van der Waals surface area contributed by atoms with Gasteiger partial charge in [-0.15, -0.1) is 0 Å². The molecule has 3 rings (SSSR count). The van der Waals surface area contributed by atoms with Crippen molar-refractivity contribution in [2.45, 2.75) is 38.9 Å². The molecule has 2 aromatic heterocycles. The van der Waals surface area contributed by atoms with Gasteiger partial charge in [0.05, 0.1) is 16.9 Å². The third-order valence-corrected chi connectivity index (χ3v) is 4.19. The molecule has 0 amide bonds. The van der Waals surface area contributed by atoms with Crippen LogP contribution in [0.3, 0.4) is 0 Å². The van der Waals surface area contributed by atoms with Gasteiger partial charge in [-0.3, -0.25) is 0 Å². The van der Waals surface area contributed by atoms with Crippen molar-refractivity contribution in [2.75, 3.05) is 0 Å². The summed E-state index contributed by atoms with van der Waals surface area (Å²) in [6, 6.07) is 7.68. The summed E-state index contributed by atoms with van der Waals surface area (Å²) in [5, 5.41) is 4.18. The number of hydrogen-bond acceptors (Lipinski definition) is 4. The van der Waals surface area contributed by atoms with Gasteiger partial charge in [0.25, 0.3) is 0 Å². The molecule has 1 aliphatic rings. The predicted molar refractivity (Wildman–Crippen MR) is 86.5 cm³/mol. The first kappa shape index (κ1) is 15.0. The maximum Gasteiger partial charge on any atom is 0.487 e. The Labute approximate surface area is 131 Å². The summed E-state index contributed by atoms with van der Waals surface area (Å²) < 4.78 is 13.6. The van der Waals surface area contributed by atoms with E-state index >= 15 is 0 Å². The van der Waals surface area contributed by atoms with Crippen LogP contribution in [0.1, 0.15) is 33.4 Å². The van der Waals surface area contributed by atoms with E-state index in [9.17, 15) is 0 Å². The van der Waals surface area contributed by atoms with Gasteiger partial charge in [-0.25, -0.2) is 9.67 Å². The lowest BCUT2D eigenvalue weighted by atomic mass is 9.89. The zero-order valence-corrected chi connectivity index (χ0v) is 13.4. The molecule has 0 aromatic carbocycles. The van der Waals surface area contributed by atoms with Gasteiger partial charge in [-0.2, -0.15) is 5.10 Å². The van der Waals surface area contributed by atoms with Crippen LogP contribution in [0.15, 0.2) is 42.6 Å². The summed E-state index contributed by atoms with van der Waals surface area (Å²) in [4.78, 5) is 4.55. The van der Waals surface area contributed by atoms with Crippen molar-refractivity contribution in [3.05, 3.63) is 48.3 Å². The summed E-state index contributed by atoms with van der Waals surface area (Å²) in [7, 11) is -0.361. The van der Waals surface area contributed by atoms with Crippen LogP contribution < -0.4 is 0 Å². The van der Waals surface area contributed by atoms with E-state index in [4.69, 9.17) is 9.31 Å². The first-order valence-electron chi connectivity index (χ1n) is 7.38. The molecule has 1 aliphatic heterocycles. The van der Waals surface area contributed by atoms with Gasteiger partial charge < -0.3 is 9.31 Å². The number of rotatable bonds is 3. The van der Waals surface area contributed by atoms with Crippen molar-refractivity contribution in [2.24, 2.45) is 0 Å². The Morgan fingerprint density at radius 1 is 1.09 bits per heavy atom. The fourth-order valence-electron chi connectivity index (χ4n) is 2.21. The number of pyridine rings is 1. The fourth-order valence-corrected chi connectivity index (χ4v) is 2.21. The molecule has 0 N–H and O–H groups in total. The lowest BCUT2D eigenvalue weighted by molar-refractivity contribution is 0.00578. The van der Waals surface area contributed by atoms with Crippen LogP contribution in [0.5, 0.6) is 0 Å². The molecule has 0 atom stereocenters. The van der Waals surface area contributed by atoms with Crippen LogP contribution >= 0.6 is 0 Å². The first-order valence-corrected chi connectivity index (χ1v) is 7.38. The van der Waals surface area contributed by atoms with E-state index in [1.807, 2.05) is 70.2 Å². The minimum absolute atomic E-state index is 0.327. The zero-order chi connectivity index (χ0) is 15.8. The summed E-state index contributed by atoms with van der Waals surface area (Å²) in [6.45, 7) is 8.16. The molecule has 5 nitrogen and oxygen atoms in total. The van der Waals surface area contributed by atoms with E-state index in [2.05, 4.69) is 10.1 Å². The third-order valence-electron chi connectivity index (χ3n) is 4.19. The smallest absolute Gasteiger partial charge is 0.400 e. The summed E-state index contributed by atoms with van der Waals surface area (Å²) in [5.74, 6) is 2.67. The van der Waals surface area contributed by atoms with Crippen LogP contribution in [0.25, 0.3) is 11.9 Å². The molecule has 0 spiro atoms. The van der Waals surface area contributed by atoms with Crippen LogP contribution in [0.4, 0.5) is 0 Å². The normalized spacial score (nSPS) is 19.9. The SMILES string of the molecule is CC1(C)OB(/C=C/c2cccc(-n3cccn3)n2)OC1(C)C. The highest BCUT2D eigenvalue weighted by molar-refractivity contribution is 6.52. The van der Waals surface area contributed by atoms with Gasteiger partial charge in [-0.05, 0) is 52.0 Å². The van der Waals surface area contributed by atoms with Gasteiger partial charge in [0.1, 0.15) is 0 Å². The second-order valence-corrected chi connectivity index (χ2v) is 6.36. The first-order chi connectivity index (χ1) is 10.4. The van der Waals surface area contributed by atoms with Gasteiger partial charge in [0.2, 0.25) is 0 Å². The molecule has 3 heterocycles. The second-order valence-electron chi connectivity index (χ2n) is 6.36. The van der Waals surface area contributed by atoms with Crippen LogP contribution in [0.2, 0.25) is 0 Å². The van der Waals surface area contributed by atoms with Gasteiger partial charge in [0, 0.05) is 12.4 Å². The van der Waals surface area contributed by atoms with Crippen molar-refractivity contribution in [1.29, 1.82) is 0 Å². The Morgan fingerprint density at radius 2 is 1.82 bits per heavy atom. The van der Waals surface area contributed by atoms with Crippen LogP contribution in [-0.4, -0.2) is 33.1 Å². The van der Waals surface area contributed by atoms with E-state index in [0.29, 0.717) is 0 Å². The molecule has 1 saturated heterocycles. The molecule has 2 aromatic rings. The monoisotopic (exact) mass is 297 g/mol. The van der Waals surface area contributed by atoms with E-state index in [1.165, 1.54) is 0 Å². The number of aromatic nitrogens is 3. The quantitative estimate of drug-likeness (QED) is 0.817. The zero-order valence-electron chi connectivity index (χ0n) is 13.4. The highest BCUT2D eigenvalue weighted by Gasteiger charge is 2.49. The summed E-state index contributed by atoms with van der Waals surface area (Å²) in [5.41, 5.74) is 0.182. The average molecular weight is 297 g/mol. The van der Waals surface area contributed by atoms with Crippen molar-refractivity contribution >= 4 is 13.2 Å². The molecule has 0 radical (unpaired) electrons. The average Bonchev–Trinajstić information content (AvgIpc) is 3.04. The largest absolute Gasteiger partial charge is 0.487 e. The second kappa shape index (κ2) is 5.37. The molecule has 114 valence electrons. The number of hydrogen-bond donors (Lipinski definition) is 0. The maximum absolute atomic E-state index is 5.93. The highest BCUT2D eigenvalue weighted by Crippen LogP contribution is 2.36. The van der Waals surface area contributed by atoms with Gasteiger partial charge >= 0.3 is 7.12 Å². The minimum atomic E-state index is -0.361. The minimum Gasteiger partial charge on any atom is -0.400 e. The van der Waals surface area contributed by atoms with Crippen molar-refractivity contribution in [3.63, 3.8) is 0 Å². The van der Waals surface area contributed by atoms with Crippen molar-refractivity contribution < 1.29 is 9.31 Å². The highest BCUT2D eigenvalue weighted by atomic mass is 16.7. The molecule has 0 unspecified atom stereocenters. The van der Waals surface area contributed by atoms with E-state index in [-0.39, 0.29) is 18.3 Å². The van der Waals surface area contributed by atoms with E-state index < -0.39 is 0 Å². The topological polar surface area (TPSA) is 49.2 Å². The van der Waals surface area contributed by atoms with E-state index in [0.717, 1.165) is 11.5 Å². The van der Waals surface area contributed by atoms with Crippen molar-refractivity contribution in [1.82, 2.24) is 14.8 Å². The van der Waals surface area contributed by atoms with Crippen molar-refractivity contribution in [3.8, 4) is 5.82 Å². The standard InChI is InChI=1S/C16H20BN3O2/c1-15(2)16(3,4)22-17(21-15)10-9-13-7-5-8-14(19-13)20-12-6-11-18-20/h5-12H,1-4H3/b10-9+. The molecule has 0 saturated carbocycles. The van der Waals surface area contributed by atoms with Gasteiger partial charge in [0.15, 0.2) is 5.82 Å². The molecule has 1 fully saturated rings. The van der Waals surface area contributed by atoms with Crippen LogP contribution in [0, 0.1) is 0 Å². The molecule has 22 heavy (non-hydrogen) atoms. The fraction of sp³-hybridized carbons (Fsp3) is 0.375. The summed E-state index contributed by atoms with van der Waals surface area (Å²) in [6.07, 6.45) is 5.51. The lowest BCUT2D eigenvalue weighted by Gasteiger charge is -2.32. The Bertz CT molecular complexity index is 664. The Kier molecular flexibility index (Phi) is 3.66. The molecule has 0 bridgehead atoms. The molecular formula is C16H20BN3O2. The Morgan fingerprint density at radius 3 is 2.45 bits per heavy atom. The van der Waals surface area contributed by atoms with Gasteiger partial charge in [-0.1, -0.05) is 12.0 Å². The predicted octanol–water partition coefficient (Wildman–Crippen LogP) is 2.91. The lowest BCUT2D eigenvalue weighted by Crippen LogP contribution is -2.41. The Balaban J connectivity index is 1.76. The molecule has 0 aliphatic carbocycles. The van der Waals surface area contributed by atoms with E-state index in [1.54, 1.807) is 10.9 Å². The van der Waals surface area contributed by atoms with Crippen LogP contribution in [-0.2, 0) is 9.31 Å². The summed E-state index contributed by atoms with van der Waals surface area (Å²) >= 11 is 0. The maximum atomic E-state index is 5.93. The molecular weight excluding hydrogens is 277 g/mol. The molecule has 6 heteroatoms.